The van der Waals surface area contributed by atoms with Gasteiger partial charge in [0.05, 0.1) is 0 Å². The van der Waals surface area contributed by atoms with E-state index in [9.17, 15) is 0 Å². The van der Waals surface area contributed by atoms with Crippen molar-refractivity contribution in [2.75, 3.05) is 11.9 Å². The van der Waals surface area contributed by atoms with Crippen LogP contribution in [-0.4, -0.2) is 12.6 Å². The van der Waals surface area contributed by atoms with E-state index < -0.39 is 0 Å². The van der Waals surface area contributed by atoms with Gasteiger partial charge in [-0.05, 0) is 31.5 Å². The molecule has 0 fully saturated rings. The van der Waals surface area contributed by atoms with Crippen molar-refractivity contribution in [1.29, 1.82) is 0 Å². The van der Waals surface area contributed by atoms with E-state index in [0.29, 0.717) is 12.0 Å². The number of nitrogens with two attached hydrogens (primary N) is 1. The summed E-state index contributed by atoms with van der Waals surface area (Å²) in [4.78, 5) is 0. The van der Waals surface area contributed by atoms with Gasteiger partial charge in [-0.15, -0.1) is 0 Å². The van der Waals surface area contributed by atoms with Gasteiger partial charge in [0, 0.05) is 17.6 Å². The molecule has 2 nitrogen and oxygen atoms in total. The van der Waals surface area contributed by atoms with Crippen LogP contribution in [0.2, 0.25) is 0 Å². The second-order valence-corrected chi connectivity index (χ2v) is 3.80. The molecule has 13 heavy (non-hydrogen) atoms. The van der Waals surface area contributed by atoms with Crippen molar-refractivity contribution in [2.24, 2.45) is 5.73 Å². The van der Waals surface area contributed by atoms with Crippen molar-refractivity contribution in [3.05, 3.63) is 29.8 Å². The SMILES string of the molecule is CC1CC(CN)c2ccccc2N1. The molecule has 1 aromatic carbocycles. The smallest absolute Gasteiger partial charge is 0.0378 e. The summed E-state index contributed by atoms with van der Waals surface area (Å²) in [6.07, 6.45) is 1.15. The van der Waals surface area contributed by atoms with Crippen molar-refractivity contribution in [3.8, 4) is 0 Å². The lowest BCUT2D eigenvalue weighted by atomic mass is 9.88. The van der Waals surface area contributed by atoms with Crippen LogP contribution in [0.15, 0.2) is 24.3 Å². The van der Waals surface area contributed by atoms with E-state index in [1.165, 1.54) is 11.3 Å². The summed E-state index contributed by atoms with van der Waals surface area (Å²) in [7, 11) is 0. The van der Waals surface area contributed by atoms with E-state index in [-0.39, 0.29) is 0 Å². The van der Waals surface area contributed by atoms with Gasteiger partial charge in [0.1, 0.15) is 0 Å². The van der Waals surface area contributed by atoms with Gasteiger partial charge in [-0.1, -0.05) is 18.2 Å². The highest BCUT2D eigenvalue weighted by Crippen LogP contribution is 2.32. The lowest BCUT2D eigenvalue weighted by Gasteiger charge is -2.30. The molecule has 70 valence electrons. The van der Waals surface area contributed by atoms with Crippen molar-refractivity contribution in [2.45, 2.75) is 25.3 Å². The number of anilines is 1. The second-order valence-electron chi connectivity index (χ2n) is 3.80. The number of nitrogens with one attached hydrogen (secondary N) is 1. The zero-order valence-electron chi connectivity index (χ0n) is 7.96. The number of hydrogen-bond acceptors (Lipinski definition) is 2. The molecule has 3 N–H and O–H groups in total. The lowest BCUT2D eigenvalue weighted by molar-refractivity contribution is 0.561. The molecule has 0 radical (unpaired) electrons. The Hall–Kier alpha value is -1.02. The molecule has 0 spiro atoms. The number of fused-ring (bicyclic) bond motifs is 1. The normalized spacial score (nSPS) is 26.3. The standard InChI is InChI=1S/C11H16N2/c1-8-6-9(7-12)10-4-2-3-5-11(10)13-8/h2-5,8-9,13H,6-7,12H2,1H3. The van der Waals surface area contributed by atoms with Gasteiger partial charge in [-0.25, -0.2) is 0 Å². The molecule has 0 aromatic heterocycles. The first-order valence-corrected chi connectivity index (χ1v) is 4.87. The number of hydrogen-bond donors (Lipinski definition) is 2. The maximum absolute atomic E-state index is 5.75. The highest BCUT2D eigenvalue weighted by molar-refractivity contribution is 5.55. The Morgan fingerprint density at radius 2 is 2.23 bits per heavy atom. The molecular formula is C11H16N2. The van der Waals surface area contributed by atoms with Crippen LogP contribution in [0.4, 0.5) is 5.69 Å². The van der Waals surface area contributed by atoms with Gasteiger partial charge >= 0.3 is 0 Å². The van der Waals surface area contributed by atoms with Gasteiger partial charge < -0.3 is 11.1 Å². The third-order valence-corrected chi connectivity index (χ3v) is 2.73. The molecule has 2 rings (SSSR count). The largest absolute Gasteiger partial charge is 0.382 e. The fourth-order valence-electron chi connectivity index (χ4n) is 2.09. The summed E-state index contributed by atoms with van der Waals surface area (Å²) >= 11 is 0. The Morgan fingerprint density at radius 1 is 1.46 bits per heavy atom. The Balaban J connectivity index is 2.37. The quantitative estimate of drug-likeness (QED) is 0.686. The minimum Gasteiger partial charge on any atom is -0.382 e. The third kappa shape index (κ3) is 1.54. The summed E-state index contributed by atoms with van der Waals surface area (Å²) in [5.74, 6) is 0.535. The molecule has 1 heterocycles. The van der Waals surface area contributed by atoms with E-state index in [1.54, 1.807) is 0 Å². The molecule has 0 saturated carbocycles. The molecule has 1 aliphatic rings. The molecule has 2 atom stereocenters. The van der Waals surface area contributed by atoms with Crippen LogP contribution in [0.3, 0.4) is 0 Å². The zero-order chi connectivity index (χ0) is 9.26. The molecule has 0 saturated heterocycles. The highest BCUT2D eigenvalue weighted by atomic mass is 14.9. The Kier molecular flexibility index (Phi) is 2.23. The summed E-state index contributed by atoms with van der Waals surface area (Å²) < 4.78 is 0. The maximum Gasteiger partial charge on any atom is 0.0378 e. The lowest BCUT2D eigenvalue weighted by Crippen LogP contribution is -2.28. The van der Waals surface area contributed by atoms with Crippen molar-refractivity contribution < 1.29 is 0 Å². The minimum atomic E-state index is 0.535. The average Bonchev–Trinajstić information content (AvgIpc) is 2.16. The van der Waals surface area contributed by atoms with Crippen LogP contribution in [0.5, 0.6) is 0 Å². The number of para-hydroxylation sites is 1. The molecule has 2 heteroatoms. The number of rotatable bonds is 1. The minimum absolute atomic E-state index is 0.535. The van der Waals surface area contributed by atoms with Crippen molar-refractivity contribution >= 4 is 5.69 Å². The number of benzene rings is 1. The first-order valence-electron chi connectivity index (χ1n) is 4.87. The molecule has 1 aromatic rings. The summed E-state index contributed by atoms with van der Waals surface area (Å²) in [5.41, 5.74) is 8.39. The van der Waals surface area contributed by atoms with Crippen molar-refractivity contribution in [3.63, 3.8) is 0 Å². The van der Waals surface area contributed by atoms with Crippen LogP contribution in [0.25, 0.3) is 0 Å². The second kappa shape index (κ2) is 3.38. The Labute approximate surface area is 79.1 Å². The summed E-state index contributed by atoms with van der Waals surface area (Å²) in [6, 6.07) is 9.00. The fourth-order valence-corrected chi connectivity index (χ4v) is 2.09. The zero-order valence-corrected chi connectivity index (χ0v) is 7.96. The Morgan fingerprint density at radius 3 is 3.00 bits per heavy atom. The average molecular weight is 176 g/mol. The van der Waals surface area contributed by atoms with Crippen LogP contribution in [0.1, 0.15) is 24.8 Å². The molecule has 2 unspecified atom stereocenters. The van der Waals surface area contributed by atoms with Crippen LogP contribution >= 0.6 is 0 Å². The van der Waals surface area contributed by atoms with Crippen LogP contribution in [-0.2, 0) is 0 Å². The molecule has 0 bridgehead atoms. The molecule has 0 amide bonds. The maximum atomic E-state index is 5.75. The predicted octanol–water partition coefficient (Wildman–Crippen LogP) is 1.93. The highest BCUT2D eigenvalue weighted by Gasteiger charge is 2.21. The van der Waals surface area contributed by atoms with E-state index in [4.69, 9.17) is 5.73 Å². The molecule has 0 aliphatic carbocycles. The fraction of sp³-hybridized carbons (Fsp3) is 0.455. The van der Waals surface area contributed by atoms with Gasteiger partial charge in [-0.3, -0.25) is 0 Å². The van der Waals surface area contributed by atoms with Gasteiger partial charge in [-0.2, -0.15) is 0 Å². The first kappa shape index (κ1) is 8.57. The molecular weight excluding hydrogens is 160 g/mol. The van der Waals surface area contributed by atoms with Crippen LogP contribution in [0, 0.1) is 0 Å². The monoisotopic (exact) mass is 176 g/mol. The van der Waals surface area contributed by atoms with Gasteiger partial charge in [0.15, 0.2) is 0 Å². The van der Waals surface area contributed by atoms with Gasteiger partial charge in [0.2, 0.25) is 0 Å². The van der Waals surface area contributed by atoms with E-state index in [1.807, 2.05) is 0 Å². The van der Waals surface area contributed by atoms with E-state index >= 15 is 0 Å². The van der Waals surface area contributed by atoms with Crippen LogP contribution < -0.4 is 11.1 Å². The summed E-state index contributed by atoms with van der Waals surface area (Å²) in [5, 5.41) is 3.47. The first-order chi connectivity index (χ1) is 6.31. The molecule has 1 aliphatic heterocycles. The third-order valence-electron chi connectivity index (χ3n) is 2.73. The van der Waals surface area contributed by atoms with E-state index in [0.717, 1.165) is 13.0 Å². The summed E-state index contributed by atoms with van der Waals surface area (Å²) in [6.45, 7) is 2.96. The topological polar surface area (TPSA) is 38.0 Å². The predicted molar refractivity (Wildman–Crippen MR) is 55.9 cm³/mol. The Bertz CT molecular complexity index is 296. The van der Waals surface area contributed by atoms with E-state index in [2.05, 4.69) is 36.5 Å². The van der Waals surface area contributed by atoms with Gasteiger partial charge in [0.25, 0.3) is 0 Å². The van der Waals surface area contributed by atoms with Crippen molar-refractivity contribution in [1.82, 2.24) is 0 Å².